The van der Waals surface area contributed by atoms with Gasteiger partial charge in [-0.3, -0.25) is 4.31 Å². The molecule has 3 N–H and O–H groups in total. The van der Waals surface area contributed by atoms with E-state index in [0.717, 1.165) is 16.8 Å². The first-order valence-corrected chi connectivity index (χ1v) is 6.96. The number of hydrogen-bond donors (Lipinski definition) is 2. The summed E-state index contributed by atoms with van der Waals surface area (Å²) in [4.78, 5) is 0. The molecule has 1 aromatic carbocycles. The molecule has 0 bridgehead atoms. The van der Waals surface area contributed by atoms with E-state index in [1.54, 1.807) is 0 Å². The summed E-state index contributed by atoms with van der Waals surface area (Å²) in [6.45, 7) is 4.59. The average molecular weight is 255 g/mol. The number of nitrogens with two attached hydrogens (primary N) is 1. The predicted molar refractivity (Wildman–Crippen MR) is 68.2 cm³/mol. The Morgan fingerprint density at radius 1 is 1.47 bits per heavy atom. The van der Waals surface area contributed by atoms with Crippen molar-refractivity contribution in [2.24, 2.45) is 5.73 Å². The van der Waals surface area contributed by atoms with Crippen molar-refractivity contribution in [3.63, 3.8) is 0 Å². The Hall–Kier alpha value is -1.11. The van der Waals surface area contributed by atoms with Gasteiger partial charge in [0.05, 0.1) is 18.3 Å². The zero-order valence-electron chi connectivity index (χ0n) is 9.97. The first-order valence-electron chi connectivity index (χ1n) is 5.52. The highest BCUT2D eigenvalue weighted by molar-refractivity contribution is 7.91. The van der Waals surface area contributed by atoms with Crippen molar-refractivity contribution in [2.75, 3.05) is 17.4 Å². The van der Waals surface area contributed by atoms with Crippen molar-refractivity contribution in [2.45, 2.75) is 19.9 Å². The van der Waals surface area contributed by atoms with Gasteiger partial charge in [-0.1, -0.05) is 12.1 Å². The lowest BCUT2D eigenvalue weighted by atomic mass is 10.1. The van der Waals surface area contributed by atoms with Gasteiger partial charge in [0.15, 0.2) is 0 Å². The Morgan fingerprint density at radius 2 is 2.18 bits per heavy atom. The van der Waals surface area contributed by atoms with Crippen LogP contribution in [0.4, 0.5) is 5.69 Å². The molecule has 1 aromatic rings. The molecule has 2 rings (SSSR count). The maximum atomic E-state index is 12.0. The van der Waals surface area contributed by atoms with Crippen LogP contribution >= 0.6 is 0 Å². The van der Waals surface area contributed by atoms with Crippen LogP contribution in [-0.4, -0.2) is 27.5 Å². The Labute approximate surface area is 102 Å². The maximum Gasteiger partial charge on any atom is 0.301 e. The molecule has 94 valence electrons. The van der Waals surface area contributed by atoms with Gasteiger partial charge in [0.1, 0.15) is 0 Å². The number of rotatable bonds is 2. The Balaban J connectivity index is 2.44. The highest BCUT2D eigenvalue weighted by atomic mass is 32.2. The molecule has 1 fully saturated rings. The van der Waals surface area contributed by atoms with Crippen molar-refractivity contribution in [1.29, 1.82) is 0 Å². The molecule has 1 aliphatic rings. The van der Waals surface area contributed by atoms with E-state index in [0.29, 0.717) is 13.1 Å². The number of aryl methyl sites for hydroxylation is 1. The van der Waals surface area contributed by atoms with E-state index >= 15 is 0 Å². The SMILES string of the molecule is Cc1cccc(N2CC(CN)NS2(=O)=O)c1C. The van der Waals surface area contributed by atoms with E-state index in [4.69, 9.17) is 5.73 Å². The van der Waals surface area contributed by atoms with Crippen LogP contribution in [0.2, 0.25) is 0 Å². The zero-order chi connectivity index (χ0) is 12.6. The average Bonchev–Trinajstić information content (AvgIpc) is 2.58. The number of anilines is 1. The fourth-order valence-electron chi connectivity index (χ4n) is 1.97. The van der Waals surface area contributed by atoms with Gasteiger partial charge >= 0.3 is 10.2 Å². The third kappa shape index (κ3) is 2.15. The number of hydrogen-bond acceptors (Lipinski definition) is 3. The third-order valence-electron chi connectivity index (χ3n) is 3.12. The van der Waals surface area contributed by atoms with E-state index in [1.165, 1.54) is 4.31 Å². The minimum absolute atomic E-state index is 0.208. The van der Waals surface area contributed by atoms with Crippen LogP contribution in [0.3, 0.4) is 0 Å². The summed E-state index contributed by atoms with van der Waals surface area (Å²) < 4.78 is 27.9. The van der Waals surface area contributed by atoms with Gasteiger partial charge in [0.2, 0.25) is 0 Å². The van der Waals surface area contributed by atoms with Crippen molar-refractivity contribution in [3.05, 3.63) is 29.3 Å². The van der Waals surface area contributed by atoms with Gasteiger partial charge in [0, 0.05) is 6.54 Å². The van der Waals surface area contributed by atoms with Crippen molar-refractivity contribution >= 4 is 15.9 Å². The summed E-state index contributed by atoms with van der Waals surface area (Å²) in [5.41, 5.74) is 8.30. The quantitative estimate of drug-likeness (QED) is 0.797. The summed E-state index contributed by atoms with van der Waals surface area (Å²) in [6.07, 6.45) is 0. The summed E-state index contributed by atoms with van der Waals surface area (Å²) in [7, 11) is -3.44. The molecule has 17 heavy (non-hydrogen) atoms. The van der Waals surface area contributed by atoms with Crippen LogP contribution in [0.1, 0.15) is 11.1 Å². The summed E-state index contributed by atoms with van der Waals surface area (Å²) in [5.74, 6) is 0. The molecule has 0 aliphatic carbocycles. The molecule has 0 saturated carbocycles. The summed E-state index contributed by atoms with van der Waals surface area (Å²) in [6, 6.07) is 5.44. The smallest absolute Gasteiger partial charge is 0.301 e. The minimum Gasteiger partial charge on any atom is -0.329 e. The molecule has 0 amide bonds. The molecule has 0 spiro atoms. The van der Waals surface area contributed by atoms with Gasteiger partial charge in [-0.2, -0.15) is 13.1 Å². The lowest BCUT2D eigenvalue weighted by Crippen LogP contribution is -2.34. The molecule has 5 nitrogen and oxygen atoms in total. The summed E-state index contributed by atoms with van der Waals surface area (Å²) in [5, 5.41) is 0. The Morgan fingerprint density at radius 3 is 2.76 bits per heavy atom. The van der Waals surface area contributed by atoms with Gasteiger partial charge in [-0.25, -0.2) is 0 Å². The van der Waals surface area contributed by atoms with Crippen LogP contribution in [0.5, 0.6) is 0 Å². The van der Waals surface area contributed by atoms with E-state index < -0.39 is 10.2 Å². The van der Waals surface area contributed by atoms with Gasteiger partial charge < -0.3 is 5.73 Å². The van der Waals surface area contributed by atoms with Gasteiger partial charge in [-0.15, -0.1) is 0 Å². The zero-order valence-corrected chi connectivity index (χ0v) is 10.8. The predicted octanol–water partition coefficient (Wildman–Crippen LogP) is 0.285. The molecule has 1 heterocycles. The molecular formula is C11H17N3O2S. The number of nitrogens with one attached hydrogen (secondary N) is 1. The van der Waals surface area contributed by atoms with Crippen LogP contribution in [-0.2, 0) is 10.2 Å². The maximum absolute atomic E-state index is 12.0. The van der Waals surface area contributed by atoms with E-state index in [1.807, 2.05) is 32.0 Å². The molecule has 1 unspecified atom stereocenters. The first kappa shape index (κ1) is 12.3. The number of benzene rings is 1. The van der Waals surface area contributed by atoms with Crippen molar-refractivity contribution < 1.29 is 8.42 Å². The third-order valence-corrected chi connectivity index (χ3v) is 4.68. The monoisotopic (exact) mass is 255 g/mol. The van der Waals surface area contributed by atoms with E-state index in [2.05, 4.69) is 4.72 Å². The standard InChI is InChI=1S/C11H17N3O2S/c1-8-4-3-5-11(9(8)2)14-7-10(6-12)13-17(14,15)16/h3-5,10,13H,6-7,12H2,1-2H3. The second-order valence-corrected chi connectivity index (χ2v) is 5.93. The molecule has 1 atom stereocenters. The van der Waals surface area contributed by atoms with Crippen molar-refractivity contribution in [3.8, 4) is 0 Å². The highest BCUT2D eigenvalue weighted by Gasteiger charge is 2.35. The van der Waals surface area contributed by atoms with Crippen LogP contribution < -0.4 is 14.8 Å². The van der Waals surface area contributed by atoms with Gasteiger partial charge in [-0.05, 0) is 31.0 Å². The highest BCUT2D eigenvalue weighted by Crippen LogP contribution is 2.27. The van der Waals surface area contributed by atoms with Crippen LogP contribution in [0.15, 0.2) is 18.2 Å². The van der Waals surface area contributed by atoms with Crippen molar-refractivity contribution in [1.82, 2.24) is 4.72 Å². The molecule has 1 saturated heterocycles. The molecule has 0 radical (unpaired) electrons. The molecule has 1 aliphatic heterocycles. The second kappa shape index (κ2) is 4.29. The molecule has 6 heteroatoms. The Bertz CT molecular complexity index is 528. The summed E-state index contributed by atoms with van der Waals surface area (Å²) >= 11 is 0. The lowest BCUT2D eigenvalue weighted by Gasteiger charge is -2.19. The molecule has 0 aromatic heterocycles. The van der Waals surface area contributed by atoms with Crippen LogP contribution in [0, 0.1) is 13.8 Å². The Kier molecular flexibility index (Phi) is 3.11. The topological polar surface area (TPSA) is 75.4 Å². The van der Waals surface area contributed by atoms with Crippen LogP contribution in [0.25, 0.3) is 0 Å². The van der Waals surface area contributed by atoms with E-state index in [9.17, 15) is 8.42 Å². The molecular weight excluding hydrogens is 238 g/mol. The van der Waals surface area contributed by atoms with E-state index in [-0.39, 0.29) is 6.04 Å². The van der Waals surface area contributed by atoms with Gasteiger partial charge in [0.25, 0.3) is 0 Å². The number of nitrogens with zero attached hydrogens (tertiary/aromatic N) is 1. The first-order chi connectivity index (χ1) is 7.95. The largest absolute Gasteiger partial charge is 0.329 e. The normalized spacial score (nSPS) is 23.0. The second-order valence-electron chi connectivity index (χ2n) is 4.31. The fraction of sp³-hybridized carbons (Fsp3) is 0.455. The lowest BCUT2D eigenvalue weighted by molar-refractivity contribution is 0.583. The minimum atomic E-state index is -3.44. The fourth-order valence-corrected chi connectivity index (χ4v) is 3.52.